The van der Waals surface area contributed by atoms with Gasteiger partial charge in [-0.25, -0.2) is 0 Å². The van der Waals surface area contributed by atoms with Crippen molar-refractivity contribution < 1.29 is 9.26 Å². The normalized spacial score (nSPS) is 12.7. The highest BCUT2D eigenvalue weighted by Gasteiger charge is 2.18. The third kappa shape index (κ3) is 2.51. The molecule has 1 aromatic carbocycles. The van der Waals surface area contributed by atoms with Gasteiger partial charge in [0.2, 0.25) is 0 Å². The van der Waals surface area contributed by atoms with Gasteiger partial charge in [-0.2, -0.15) is 4.98 Å². The van der Waals surface area contributed by atoms with E-state index in [2.05, 4.69) is 10.1 Å². The van der Waals surface area contributed by atoms with Crippen molar-refractivity contribution in [3.05, 3.63) is 30.1 Å². The molecule has 0 aliphatic rings. The number of methoxy groups -OCH3 is 1. The summed E-state index contributed by atoms with van der Waals surface area (Å²) in [4.78, 5) is 4.31. The maximum absolute atomic E-state index is 5.97. The zero-order chi connectivity index (χ0) is 13.1. The summed E-state index contributed by atoms with van der Waals surface area (Å²) in [5.74, 6) is 2.07. The van der Waals surface area contributed by atoms with Crippen LogP contribution in [0, 0.1) is 5.92 Å². The van der Waals surface area contributed by atoms with Gasteiger partial charge in [0.1, 0.15) is 5.75 Å². The van der Waals surface area contributed by atoms with Crippen molar-refractivity contribution in [1.82, 2.24) is 10.1 Å². The molecule has 0 spiro atoms. The minimum absolute atomic E-state index is 0.208. The number of aromatic nitrogens is 2. The van der Waals surface area contributed by atoms with Crippen LogP contribution in [-0.4, -0.2) is 17.3 Å². The second-order valence-corrected chi connectivity index (χ2v) is 4.46. The Morgan fingerprint density at radius 2 is 1.89 bits per heavy atom. The highest BCUT2D eigenvalue weighted by atomic mass is 16.5. The molecule has 0 aliphatic heterocycles. The average Bonchev–Trinajstić information content (AvgIpc) is 2.87. The van der Waals surface area contributed by atoms with E-state index in [0.29, 0.717) is 11.7 Å². The highest BCUT2D eigenvalue weighted by Crippen LogP contribution is 2.23. The number of nitrogens with zero attached hydrogens (tertiary/aromatic N) is 2. The van der Waals surface area contributed by atoms with Gasteiger partial charge < -0.3 is 15.0 Å². The van der Waals surface area contributed by atoms with Gasteiger partial charge in [0.05, 0.1) is 13.2 Å². The molecule has 0 bridgehead atoms. The fraction of sp³-hybridized carbons (Fsp3) is 0.385. The molecule has 5 heteroatoms. The molecule has 1 unspecified atom stereocenters. The predicted molar refractivity (Wildman–Crippen MR) is 68.1 cm³/mol. The molecule has 0 saturated heterocycles. The van der Waals surface area contributed by atoms with Crippen molar-refractivity contribution in [3.63, 3.8) is 0 Å². The molecule has 2 N–H and O–H groups in total. The van der Waals surface area contributed by atoms with Crippen molar-refractivity contribution in [2.24, 2.45) is 11.7 Å². The second-order valence-electron chi connectivity index (χ2n) is 4.46. The maximum atomic E-state index is 5.97. The summed E-state index contributed by atoms with van der Waals surface area (Å²) in [6.07, 6.45) is 0. The Balaban J connectivity index is 2.23. The second kappa shape index (κ2) is 5.18. The minimum Gasteiger partial charge on any atom is -0.497 e. The van der Waals surface area contributed by atoms with Gasteiger partial charge in [-0.15, -0.1) is 0 Å². The van der Waals surface area contributed by atoms with Crippen LogP contribution in [0.4, 0.5) is 0 Å². The third-order valence-corrected chi connectivity index (χ3v) is 2.80. The molecule has 0 amide bonds. The van der Waals surface area contributed by atoms with Crippen LogP contribution in [0.15, 0.2) is 28.8 Å². The number of hydrogen-bond donors (Lipinski definition) is 1. The van der Waals surface area contributed by atoms with Gasteiger partial charge in [-0.3, -0.25) is 0 Å². The summed E-state index contributed by atoms with van der Waals surface area (Å²) in [5, 5.41) is 3.91. The first-order valence-corrected chi connectivity index (χ1v) is 5.85. The average molecular weight is 247 g/mol. The van der Waals surface area contributed by atoms with Crippen LogP contribution in [0.5, 0.6) is 5.75 Å². The van der Waals surface area contributed by atoms with Crippen LogP contribution in [0.2, 0.25) is 0 Å². The molecule has 5 nitrogen and oxygen atoms in total. The van der Waals surface area contributed by atoms with Gasteiger partial charge in [-0.1, -0.05) is 19.0 Å². The Morgan fingerprint density at radius 3 is 2.44 bits per heavy atom. The molecule has 0 radical (unpaired) electrons. The Bertz CT molecular complexity index is 505. The summed E-state index contributed by atoms with van der Waals surface area (Å²) in [5.41, 5.74) is 6.82. The van der Waals surface area contributed by atoms with Gasteiger partial charge in [0.15, 0.2) is 5.82 Å². The van der Waals surface area contributed by atoms with E-state index in [0.717, 1.165) is 11.3 Å². The Kier molecular flexibility index (Phi) is 3.62. The predicted octanol–water partition coefficient (Wildman–Crippen LogP) is 2.40. The van der Waals surface area contributed by atoms with Crippen molar-refractivity contribution in [1.29, 1.82) is 0 Å². The molecular weight excluding hydrogens is 230 g/mol. The van der Waals surface area contributed by atoms with E-state index in [4.69, 9.17) is 15.0 Å². The molecule has 2 rings (SSSR count). The lowest BCUT2D eigenvalue weighted by atomic mass is 10.1. The van der Waals surface area contributed by atoms with Crippen LogP contribution in [0.3, 0.4) is 0 Å². The number of hydrogen-bond acceptors (Lipinski definition) is 5. The van der Waals surface area contributed by atoms with E-state index in [1.807, 2.05) is 38.1 Å². The number of benzene rings is 1. The van der Waals surface area contributed by atoms with Crippen LogP contribution < -0.4 is 10.5 Å². The zero-order valence-electron chi connectivity index (χ0n) is 10.8. The molecule has 1 aromatic heterocycles. The van der Waals surface area contributed by atoms with Crippen molar-refractivity contribution in [2.45, 2.75) is 19.9 Å². The van der Waals surface area contributed by atoms with Crippen LogP contribution in [0.1, 0.15) is 25.7 Å². The maximum Gasteiger partial charge on any atom is 0.257 e. The number of nitrogens with two attached hydrogens (primary N) is 1. The molecule has 0 aliphatic carbocycles. The monoisotopic (exact) mass is 247 g/mol. The van der Waals surface area contributed by atoms with Crippen molar-refractivity contribution in [3.8, 4) is 17.2 Å². The quantitative estimate of drug-likeness (QED) is 0.898. The van der Waals surface area contributed by atoms with Crippen LogP contribution in [-0.2, 0) is 0 Å². The summed E-state index contributed by atoms with van der Waals surface area (Å²) >= 11 is 0. The van der Waals surface area contributed by atoms with Crippen molar-refractivity contribution in [2.75, 3.05) is 7.11 Å². The smallest absolute Gasteiger partial charge is 0.257 e. The fourth-order valence-electron chi connectivity index (χ4n) is 1.52. The van der Waals surface area contributed by atoms with Gasteiger partial charge in [0.25, 0.3) is 5.89 Å². The Hall–Kier alpha value is -1.88. The zero-order valence-corrected chi connectivity index (χ0v) is 10.8. The van der Waals surface area contributed by atoms with Crippen LogP contribution >= 0.6 is 0 Å². The van der Waals surface area contributed by atoms with E-state index in [9.17, 15) is 0 Å². The lowest BCUT2D eigenvalue weighted by Crippen LogP contribution is -2.18. The van der Waals surface area contributed by atoms with E-state index in [1.165, 1.54) is 0 Å². The minimum atomic E-state index is -0.208. The lowest BCUT2D eigenvalue weighted by molar-refractivity contribution is 0.399. The molecule has 1 atom stereocenters. The Morgan fingerprint density at radius 1 is 1.22 bits per heavy atom. The largest absolute Gasteiger partial charge is 0.497 e. The van der Waals surface area contributed by atoms with Crippen molar-refractivity contribution >= 4 is 0 Å². The SMILES string of the molecule is COc1ccc(-c2nc(C(N)C(C)C)no2)cc1. The van der Waals surface area contributed by atoms with Gasteiger partial charge >= 0.3 is 0 Å². The highest BCUT2D eigenvalue weighted by molar-refractivity contribution is 5.54. The summed E-state index contributed by atoms with van der Waals surface area (Å²) < 4.78 is 10.3. The summed E-state index contributed by atoms with van der Waals surface area (Å²) in [6, 6.07) is 7.23. The fourth-order valence-corrected chi connectivity index (χ4v) is 1.52. The Labute approximate surface area is 106 Å². The first kappa shape index (κ1) is 12.6. The molecule has 0 saturated carbocycles. The first-order chi connectivity index (χ1) is 8.61. The van der Waals surface area contributed by atoms with Gasteiger partial charge in [0, 0.05) is 5.56 Å². The van der Waals surface area contributed by atoms with E-state index in [1.54, 1.807) is 7.11 Å². The van der Waals surface area contributed by atoms with E-state index >= 15 is 0 Å². The summed E-state index contributed by atoms with van der Waals surface area (Å²) in [7, 11) is 1.63. The first-order valence-electron chi connectivity index (χ1n) is 5.85. The van der Waals surface area contributed by atoms with E-state index in [-0.39, 0.29) is 12.0 Å². The molecule has 96 valence electrons. The molecule has 2 aromatic rings. The summed E-state index contributed by atoms with van der Waals surface area (Å²) in [6.45, 7) is 4.04. The standard InChI is InChI=1S/C13H17N3O2/c1-8(2)11(14)12-15-13(18-16-12)9-4-6-10(17-3)7-5-9/h4-8,11H,14H2,1-3H3. The number of ether oxygens (including phenoxy) is 1. The topological polar surface area (TPSA) is 74.2 Å². The number of rotatable bonds is 4. The van der Waals surface area contributed by atoms with Crippen LogP contribution in [0.25, 0.3) is 11.5 Å². The molecule has 18 heavy (non-hydrogen) atoms. The lowest BCUT2D eigenvalue weighted by Gasteiger charge is -2.09. The molecular formula is C13H17N3O2. The molecule has 1 heterocycles. The van der Waals surface area contributed by atoms with Gasteiger partial charge in [-0.05, 0) is 30.2 Å². The molecule has 0 fully saturated rings. The third-order valence-electron chi connectivity index (χ3n) is 2.80. The van der Waals surface area contributed by atoms with E-state index < -0.39 is 0 Å².